The molecule has 2 aliphatic rings. The van der Waals surface area contributed by atoms with Gasteiger partial charge in [0.1, 0.15) is 53.9 Å². The van der Waals surface area contributed by atoms with Gasteiger partial charge in [0.2, 0.25) is 5.43 Å². The second-order valence-electron chi connectivity index (χ2n) is 10.2. The lowest BCUT2D eigenvalue weighted by molar-refractivity contribution is -0.231. The third-order valence-corrected chi connectivity index (χ3v) is 7.64. The van der Waals surface area contributed by atoms with E-state index in [1.807, 2.05) is 0 Å². The number of rotatable bonds is 8. The summed E-state index contributed by atoms with van der Waals surface area (Å²) < 4.78 is 17.3. The lowest BCUT2D eigenvalue weighted by Gasteiger charge is -2.40. The number of piperidine rings is 1. The summed E-state index contributed by atoms with van der Waals surface area (Å²) in [6.07, 6.45) is -1.32. The molecule has 5 atom stereocenters. The number of phenols is 1. The van der Waals surface area contributed by atoms with Crippen LogP contribution in [0.15, 0.2) is 51.9 Å². The van der Waals surface area contributed by atoms with Crippen LogP contribution in [0.25, 0.3) is 22.1 Å². The molecule has 2 aliphatic heterocycles. The second kappa shape index (κ2) is 12.0. The van der Waals surface area contributed by atoms with Crippen LogP contribution in [-0.4, -0.2) is 87.7 Å². The summed E-state index contributed by atoms with van der Waals surface area (Å²) in [4.78, 5) is 15.9. The molecule has 2 aromatic carbocycles. The summed E-state index contributed by atoms with van der Waals surface area (Å²) >= 11 is 0. The number of phenolic OH excluding ortho intramolecular Hbond substituents is 1. The summed E-state index contributed by atoms with van der Waals surface area (Å²) in [5.41, 5.74) is 0.471. The zero-order valence-corrected chi connectivity index (χ0v) is 21.6. The number of fused-ring (bicyclic) bond motifs is 1. The van der Waals surface area contributed by atoms with E-state index in [0.29, 0.717) is 23.5 Å². The van der Waals surface area contributed by atoms with E-state index in [2.05, 4.69) is 4.90 Å². The molecule has 0 spiro atoms. The van der Waals surface area contributed by atoms with Crippen LogP contribution in [0.5, 0.6) is 11.5 Å². The minimum atomic E-state index is -1.65. The van der Waals surface area contributed by atoms with Crippen LogP contribution in [0.4, 0.5) is 0 Å². The molecule has 5 N–H and O–H groups in total. The highest BCUT2D eigenvalue weighted by atomic mass is 16.5. The average molecular weight is 542 g/mol. The number of aliphatic hydroxyl groups is 4. The first-order valence-electron chi connectivity index (χ1n) is 13.4. The molecule has 10 heteroatoms. The molecule has 1 aromatic heterocycles. The lowest BCUT2D eigenvalue weighted by atomic mass is 9.89. The van der Waals surface area contributed by atoms with E-state index in [4.69, 9.17) is 13.9 Å². The van der Waals surface area contributed by atoms with Crippen molar-refractivity contribution in [2.75, 3.05) is 32.8 Å². The zero-order valence-electron chi connectivity index (χ0n) is 21.6. The Hall–Kier alpha value is -2.99. The van der Waals surface area contributed by atoms with Crippen LogP contribution >= 0.6 is 0 Å². The number of likely N-dealkylation sites (tertiary alicyclic amines) is 1. The SMILES string of the molecule is O=c1c(-c2ccc(OCCCN3CCCCC3)cc2)coc2c([C@@H]3O[C@H](CO)[C@@H](O)[C@H](O)[C@H]3O)c(O)ccc12. The molecule has 0 amide bonds. The maximum atomic E-state index is 13.4. The highest BCUT2D eigenvalue weighted by Gasteiger charge is 2.45. The monoisotopic (exact) mass is 541 g/mol. The Labute approximate surface area is 225 Å². The number of aromatic hydroxyl groups is 1. The lowest BCUT2D eigenvalue weighted by Crippen LogP contribution is -2.55. The molecule has 0 aliphatic carbocycles. The van der Waals surface area contributed by atoms with E-state index in [1.54, 1.807) is 24.3 Å². The smallest absolute Gasteiger partial charge is 0.200 e. The van der Waals surface area contributed by atoms with Crippen molar-refractivity contribution in [2.45, 2.75) is 56.2 Å². The quantitative estimate of drug-likeness (QED) is 0.267. The van der Waals surface area contributed by atoms with Crippen LogP contribution in [0.1, 0.15) is 37.4 Å². The largest absolute Gasteiger partial charge is 0.507 e. The maximum Gasteiger partial charge on any atom is 0.200 e. The van der Waals surface area contributed by atoms with Crippen molar-refractivity contribution in [3.05, 3.63) is 58.4 Å². The number of hydrogen-bond acceptors (Lipinski definition) is 10. The topological polar surface area (TPSA) is 153 Å². The molecule has 10 nitrogen and oxygen atoms in total. The Morgan fingerprint density at radius 2 is 1.69 bits per heavy atom. The molecular formula is C29H35NO9. The first kappa shape index (κ1) is 27.6. The van der Waals surface area contributed by atoms with E-state index in [1.165, 1.54) is 37.7 Å². The Balaban J connectivity index is 1.34. The molecule has 5 rings (SSSR count). The van der Waals surface area contributed by atoms with Gasteiger partial charge in [0.05, 0.1) is 29.7 Å². The summed E-state index contributed by atoms with van der Waals surface area (Å²) in [5.74, 6) is 0.377. The van der Waals surface area contributed by atoms with Gasteiger partial charge in [0.15, 0.2) is 0 Å². The Bertz CT molecular complexity index is 1320. The van der Waals surface area contributed by atoms with Crippen LogP contribution in [0.2, 0.25) is 0 Å². The summed E-state index contributed by atoms with van der Waals surface area (Å²) in [7, 11) is 0. The standard InChI is InChI=1S/C29H35NO9/c31-15-22-25(34)26(35)27(36)29(39-22)23-21(32)10-9-19-24(33)20(16-38-28(19)23)17-5-7-18(8-6-17)37-14-4-13-30-11-2-1-3-12-30/h5-10,16,22,25-27,29,31-32,34-36H,1-4,11-15H2/t22-,25-,26+,27-,29+/m1/s1. The van der Waals surface area contributed by atoms with Gasteiger partial charge in [-0.1, -0.05) is 18.6 Å². The predicted molar refractivity (Wildman–Crippen MR) is 143 cm³/mol. The molecule has 3 heterocycles. The Morgan fingerprint density at radius 1 is 0.949 bits per heavy atom. The first-order chi connectivity index (χ1) is 18.9. The summed E-state index contributed by atoms with van der Waals surface area (Å²) in [6, 6.07) is 9.84. The maximum absolute atomic E-state index is 13.4. The van der Waals surface area contributed by atoms with Crippen molar-refractivity contribution in [2.24, 2.45) is 0 Å². The number of benzene rings is 2. The fraction of sp³-hybridized carbons (Fsp3) is 0.483. The van der Waals surface area contributed by atoms with Gasteiger partial charge in [0, 0.05) is 6.54 Å². The van der Waals surface area contributed by atoms with Crippen LogP contribution in [-0.2, 0) is 4.74 Å². The number of hydrogen-bond donors (Lipinski definition) is 5. The third kappa shape index (κ3) is 5.67. The molecule has 0 saturated carbocycles. The fourth-order valence-electron chi connectivity index (χ4n) is 5.42. The van der Waals surface area contributed by atoms with Gasteiger partial charge in [-0.25, -0.2) is 0 Å². The molecule has 3 aromatic rings. The average Bonchev–Trinajstić information content (AvgIpc) is 2.96. The molecule has 0 unspecified atom stereocenters. The van der Waals surface area contributed by atoms with E-state index < -0.39 is 37.1 Å². The number of nitrogens with zero attached hydrogens (tertiary/aromatic N) is 1. The zero-order chi connectivity index (χ0) is 27.5. The van der Waals surface area contributed by atoms with Crippen LogP contribution < -0.4 is 10.2 Å². The van der Waals surface area contributed by atoms with Crippen molar-refractivity contribution in [3.8, 4) is 22.6 Å². The van der Waals surface area contributed by atoms with Gasteiger partial charge in [-0.3, -0.25) is 4.79 Å². The molecule has 2 saturated heterocycles. The Kier molecular flexibility index (Phi) is 8.51. The van der Waals surface area contributed by atoms with Crippen LogP contribution in [0, 0.1) is 0 Å². The van der Waals surface area contributed by atoms with E-state index >= 15 is 0 Å². The van der Waals surface area contributed by atoms with Crippen molar-refractivity contribution >= 4 is 11.0 Å². The van der Waals surface area contributed by atoms with E-state index in [9.17, 15) is 30.3 Å². The summed E-state index contributed by atoms with van der Waals surface area (Å²) in [5, 5.41) is 51.1. The van der Waals surface area contributed by atoms with Gasteiger partial charge in [-0.05, 0) is 62.2 Å². The first-order valence-corrected chi connectivity index (χ1v) is 13.4. The highest BCUT2D eigenvalue weighted by Crippen LogP contribution is 2.40. The highest BCUT2D eigenvalue weighted by molar-refractivity contribution is 5.86. The van der Waals surface area contributed by atoms with E-state index in [-0.39, 0.29) is 27.7 Å². The molecule has 2 fully saturated rings. The van der Waals surface area contributed by atoms with Crippen molar-refractivity contribution in [3.63, 3.8) is 0 Å². The van der Waals surface area contributed by atoms with Gasteiger partial charge in [-0.15, -0.1) is 0 Å². The molecule has 0 radical (unpaired) electrons. The predicted octanol–water partition coefficient (Wildman–Crippen LogP) is 1.94. The summed E-state index contributed by atoms with van der Waals surface area (Å²) in [6.45, 7) is 3.33. The van der Waals surface area contributed by atoms with Crippen LogP contribution in [0.3, 0.4) is 0 Å². The van der Waals surface area contributed by atoms with Gasteiger partial charge >= 0.3 is 0 Å². The second-order valence-corrected chi connectivity index (χ2v) is 10.2. The van der Waals surface area contributed by atoms with E-state index in [0.717, 1.165) is 26.1 Å². The number of aliphatic hydroxyl groups excluding tert-OH is 4. The minimum Gasteiger partial charge on any atom is -0.507 e. The third-order valence-electron chi connectivity index (χ3n) is 7.64. The molecular weight excluding hydrogens is 506 g/mol. The van der Waals surface area contributed by atoms with Gasteiger partial charge < -0.3 is 44.3 Å². The van der Waals surface area contributed by atoms with Crippen molar-refractivity contribution < 1.29 is 39.4 Å². The Morgan fingerprint density at radius 3 is 2.41 bits per heavy atom. The van der Waals surface area contributed by atoms with Gasteiger partial charge in [0.25, 0.3) is 0 Å². The van der Waals surface area contributed by atoms with Crippen molar-refractivity contribution in [1.82, 2.24) is 4.90 Å². The molecule has 0 bridgehead atoms. The molecule has 210 valence electrons. The number of ether oxygens (including phenoxy) is 2. The normalized spacial score (nSPS) is 26.1. The van der Waals surface area contributed by atoms with Gasteiger partial charge in [-0.2, -0.15) is 0 Å². The minimum absolute atomic E-state index is 0.0262. The molecule has 39 heavy (non-hydrogen) atoms. The van der Waals surface area contributed by atoms with Crippen molar-refractivity contribution in [1.29, 1.82) is 0 Å². The fourth-order valence-corrected chi connectivity index (χ4v) is 5.42.